The predicted molar refractivity (Wildman–Crippen MR) is 80.1 cm³/mol. The van der Waals surface area contributed by atoms with E-state index in [1.807, 2.05) is 13.0 Å². The number of fused-ring (bicyclic) bond motifs is 1. The van der Waals surface area contributed by atoms with Crippen molar-refractivity contribution in [2.24, 2.45) is 5.73 Å². The summed E-state index contributed by atoms with van der Waals surface area (Å²) in [6, 6.07) is 11.7. The summed E-state index contributed by atoms with van der Waals surface area (Å²) in [5, 5.41) is 0. The average molecular weight is 270 g/mol. The molecule has 2 nitrogen and oxygen atoms in total. The second kappa shape index (κ2) is 4.91. The van der Waals surface area contributed by atoms with E-state index in [1.165, 1.54) is 11.1 Å². The second-order valence-corrected chi connectivity index (χ2v) is 5.57. The Hall–Kier alpha value is -1.87. The van der Waals surface area contributed by atoms with Gasteiger partial charge in [0.15, 0.2) is 0 Å². The first-order valence-corrected chi connectivity index (χ1v) is 6.93. The van der Waals surface area contributed by atoms with Crippen molar-refractivity contribution in [1.29, 1.82) is 0 Å². The van der Waals surface area contributed by atoms with Gasteiger partial charge >= 0.3 is 0 Å². The van der Waals surface area contributed by atoms with Gasteiger partial charge in [0.2, 0.25) is 0 Å². The third kappa shape index (κ3) is 2.18. The fourth-order valence-corrected chi connectivity index (χ4v) is 2.82. The van der Waals surface area contributed by atoms with Crippen LogP contribution in [0.1, 0.15) is 35.2 Å². The highest BCUT2D eigenvalue weighted by atomic mass is 19.1. The van der Waals surface area contributed by atoms with Gasteiger partial charge in [-0.1, -0.05) is 24.3 Å². The van der Waals surface area contributed by atoms with Crippen LogP contribution < -0.4 is 10.6 Å². The summed E-state index contributed by atoms with van der Waals surface area (Å²) in [5.74, 6) is -0.183. The number of hydrogen-bond donors (Lipinski definition) is 1. The molecule has 0 bridgehead atoms. The predicted octanol–water partition coefficient (Wildman–Crippen LogP) is 3.67. The van der Waals surface area contributed by atoms with Gasteiger partial charge in [0.1, 0.15) is 5.82 Å². The zero-order valence-electron chi connectivity index (χ0n) is 11.9. The topological polar surface area (TPSA) is 29.3 Å². The van der Waals surface area contributed by atoms with Crippen molar-refractivity contribution < 1.29 is 4.39 Å². The summed E-state index contributed by atoms with van der Waals surface area (Å²) in [7, 11) is 0. The zero-order chi connectivity index (χ0) is 14.3. The van der Waals surface area contributed by atoms with Crippen LogP contribution in [0.4, 0.5) is 10.1 Å². The minimum Gasteiger partial charge on any atom is -0.363 e. The normalized spacial score (nSPS) is 15.3. The molecule has 0 aliphatic carbocycles. The molecule has 0 radical (unpaired) electrons. The molecule has 104 valence electrons. The SMILES string of the molecule is Cc1cc(N2Cc3ccccc3C2)c([C@H](C)N)cc1F. The molecule has 2 N–H and O–H groups in total. The lowest BCUT2D eigenvalue weighted by Crippen LogP contribution is -2.19. The lowest BCUT2D eigenvalue weighted by Gasteiger charge is -2.24. The number of halogens is 1. The van der Waals surface area contributed by atoms with Crippen LogP contribution in [-0.4, -0.2) is 0 Å². The standard InChI is InChI=1S/C17H19FN2/c1-11-7-17(15(12(2)19)8-16(11)18)20-9-13-5-3-4-6-14(13)10-20/h3-8,12H,9-10,19H2,1-2H3/t12-/m0/s1. The Balaban J connectivity index is 2.02. The smallest absolute Gasteiger partial charge is 0.126 e. The third-order valence-electron chi connectivity index (χ3n) is 3.98. The molecular formula is C17H19FN2. The number of rotatable bonds is 2. The molecule has 0 amide bonds. The van der Waals surface area contributed by atoms with Crippen LogP contribution in [0, 0.1) is 12.7 Å². The quantitative estimate of drug-likeness (QED) is 0.902. The molecule has 1 aliphatic heterocycles. The number of hydrogen-bond acceptors (Lipinski definition) is 2. The van der Waals surface area contributed by atoms with Crippen LogP contribution in [-0.2, 0) is 13.1 Å². The number of benzene rings is 2. The van der Waals surface area contributed by atoms with Crippen LogP contribution in [0.3, 0.4) is 0 Å². The van der Waals surface area contributed by atoms with E-state index in [2.05, 4.69) is 29.2 Å². The van der Waals surface area contributed by atoms with Gasteiger partial charge < -0.3 is 10.6 Å². The molecule has 1 heterocycles. The number of aryl methyl sites for hydroxylation is 1. The maximum atomic E-state index is 13.8. The molecule has 0 unspecified atom stereocenters. The van der Waals surface area contributed by atoms with Gasteiger partial charge in [0, 0.05) is 24.8 Å². The first-order chi connectivity index (χ1) is 9.56. The first kappa shape index (κ1) is 13.1. The molecule has 0 saturated heterocycles. The van der Waals surface area contributed by atoms with Gasteiger partial charge in [0.25, 0.3) is 0 Å². The minimum atomic E-state index is -0.183. The Morgan fingerprint density at radius 2 is 1.75 bits per heavy atom. The average Bonchev–Trinajstić information content (AvgIpc) is 2.84. The highest BCUT2D eigenvalue weighted by Gasteiger charge is 2.22. The van der Waals surface area contributed by atoms with Crippen molar-refractivity contribution in [3.63, 3.8) is 0 Å². The summed E-state index contributed by atoms with van der Waals surface area (Å²) in [6.07, 6.45) is 0. The largest absolute Gasteiger partial charge is 0.363 e. The highest BCUT2D eigenvalue weighted by Crippen LogP contribution is 2.34. The third-order valence-corrected chi connectivity index (χ3v) is 3.98. The fourth-order valence-electron chi connectivity index (χ4n) is 2.82. The van der Waals surface area contributed by atoms with Gasteiger partial charge in [-0.05, 0) is 48.2 Å². The van der Waals surface area contributed by atoms with E-state index in [0.29, 0.717) is 5.56 Å². The van der Waals surface area contributed by atoms with Crippen molar-refractivity contribution in [1.82, 2.24) is 0 Å². The molecular weight excluding hydrogens is 251 g/mol. The van der Waals surface area contributed by atoms with Crippen LogP contribution in [0.2, 0.25) is 0 Å². The number of anilines is 1. The summed E-state index contributed by atoms with van der Waals surface area (Å²) in [5.41, 5.74) is 11.3. The number of nitrogens with two attached hydrogens (primary N) is 1. The Morgan fingerprint density at radius 1 is 1.15 bits per heavy atom. The van der Waals surface area contributed by atoms with Crippen LogP contribution in [0.25, 0.3) is 0 Å². The van der Waals surface area contributed by atoms with E-state index in [4.69, 9.17) is 5.73 Å². The molecule has 0 aromatic heterocycles. The van der Waals surface area contributed by atoms with Crippen molar-refractivity contribution >= 4 is 5.69 Å². The molecule has 20 heavy (non-hydrogen) atoms. The van der Waals surface area contributed by atoms with Gasteiger partial charge in [-0.2, -0.15) is 0 Å². The zero-order valence-corrected chi connectivity index (χ0v) is 11.9. The Kier molecular flexibility index (Phi) is 3.22. The van der Waals surface area contributed by atoms with E-state index >= 15 is 0 Å². The van der Waals surface area contributed by atoms with Crippen LogP contribution in [0.15, 0.2) is 36.4 Å². The van der Waals surface area contributed by atoms with Crippen molar-refractivity contribution in [3.8, 4) is 0 Å². The summed E-state index contributed by atoms with van der Waals surface area (Å²) < 4.78 is 13.8. The van der Waals surface area contributed by atoms with Gasteiger partial charge in [0.05, 0.1) is 0 Å². The maximum absolute atomic E-state index is 13.8. The van der Waals surface area contributed by atoms with E-state index in [0.717, 1.165) is 24.3 Å². The second-order valence-electron chi connectivity index (χ2n) is 5.57. The maximum Gasteiger partial charge on any atom is 0.126 e. The van der Waals surface area contributed by atoms with E-state index < -0.39 is 0 Å². The molecule has 3 heteroatoms. The van der Waals surface area contributed by atoms with E-state index in [9.17, 15) is 4.39 Å². The molecule has 3 rings (SSSR count). The van der Waals surface area contributed by atoms with Crippen molar-refractivity contribution in [2.45, 2.75) is 33.0 Å². The minimum absolute atomic E-state index is 0.177. The lowest BCUT2D eigenvalue weighted by atomic mass is 10.0. The monoisotopic (exact) mass is 270 g/mol. The molecule has 0 fully saturated rings. The molecule has 2 aromatic rings. The van der Waals surface area contributed by atoms with Crippen molar-refractivity contribution in [3.05, 3.63) is 64.5 Å². The lowest BCUT2D eigenvalue weighted by molar-refractivity contribution is 0.612. The summed E-state index contributed by atoms with van der Waals surface area (Å²) >= 11 is 0. The molecule has 1 aliphatic rings. The fraction of sp³-hybridized carbons (Fsp3) is 0.294. The molecule has 1 atom stereocenters. The summed E-state index contributed by atoms with van der Waals surface area (Å²) in [4.78, 5) is 2.27. The van der Waals surface area contributed by atoms with Gasteiger partial charge in [-0.15, -0.1) is 0 Å². The first-order valence-electron chi connectivity index (χ1n) is 6.93. The molecule has 2 aromatic carbocycles. The molecule has 0 saturated carbocycles. The van der Waals surface area contributed by atoms with Gasteiger partial charge in [-0.3, -0.25) is 0 Å². The number of nitrogens with zero attached hydrogens (tertiary/aromatic N) is 1. The van der Waals surface area contributed by atoms with E-state index in [1.54, 1.807) is 13.0 Å². The van der Waals surface area contributed by atoms with Crippen LogP contribution in [0.5, 0.6) is 0 Å². The summed E-state index contributed by atoms with van der Waals surface area (Å²) in [6.45, 7) is 5.42. The molecule has 0 spiro atoms. The van der Waals surface area contributed by atoms with E-state index in [-0.39, 0.29) is 11.9 Å². The Bertz CT molecular complexity index is 624. The Morgan fingerprint density at radius 3 is 2.30 bits per heavy atom. The highest BCUT2D eigenvalue weighted by molar-refractivity contribution is 5.59. The Labute approximate surface area is 119 Å². The van der Waals surface area contributed by atoms with Crippen LogP contribution >= 0.6 is 0 Å². The van der Waals surface area contributed by atoms with Crippen molar-refractivity contribution in [2.75, 3.05) is 4.90 Å². The van der Waals surface area contributed by atoms with Gasteiger partial charge in [-0.25, -0.2) is 4.39 Å².